The number of imide groups is 1. The highest BCUT2D eigenvalue weighted by atomic mass is 19.4. The summed E-state index contributed by atoms with van der Waals surface area (Å²) in [7, 11) is 3.04. The summed E-state index contributed by atoms with van der Waals surface area (Å²) in [6.07, 6.45) is -3.92. The van der Waals surface area contributed by atoms with Crippen molar-refractivity contribution < 1.29 is 32.3 Å². The van der Waals surface area contributed by atoms with Crippen LogP contribution in [-0.2, 0) is 17.5 Å². The molecule has 31 heavy (non-hydrogen) atoms. The average Bonchev–Trinajstić information content (AvgIpc) is 2.97. The third-order valence-electron chi connectivity index (χ3n) is 5.00. The van der Waals surface area contributed by atoms with Crippen LogP contribution in [0, 0.1) is 0 Å². The molecular formula is C22H21F3N2O4. The van der Waals surface area contributed by atoms with E-state index in [0.717, 1.165) is 17.0 Å². The van der Waals surface area contributed by atoms with Crippen molar-refractivity contribution in [2.24, 2.45) is 0 Å². The smallest absolute Gasteiger partial charge is 0.385 e. The molecule has 1 heterocycles. The van der Waals surface area contributed by atoms with Gasteiger partial charge in [-0.1, -0.05) is 12.1 Å². The second-order valence-electron chi connectivity index (χ2n) is 7.22. The summed E-state index contributed by atoms with van der Waals surface area (Å²) in [6, 6.07) is 8.86. The molecule has 1 aliphatic rings. The van der Waals surface area contributed by atoms with Crippen LogP contribution in [0.2, 0.25) is 0 Å². The molecule has 0 saturated carbocycles. The Hall–Kier alpha value is -3.20. The average molecular weight is 434 g/mol. The lowest BCUT2D eigenvalue weighted by Gasteiger charge is -2.18. The zero-order chi connectivity index (χ0) is 22.8. The number of rotatable bonds is 7. The first kappa shape index (κ1) is 22.5. The Morgan fingerprint density at radius 1 is 1.03 bits per heavy atom. The predicted octanol–water partition coefficient (Wildman–Crippen LogP) is 3.61. The summed E-state index contributed by atoms with van der Waals surface area (Å²) < 4.78 is 43.0. The molecule has 3 amide bonds. The highest BCUT2D eigenvalue weighted by Crippen LogP contribution is 2.29. The molecular weight excluding hydrogens is 413 g/mol. The van der Waals surface area contributed by atoms with Crippen molar-refractivity contribution in [1.82, 2.24) is 9.80 Å². The van der Waals surface area contributed by atoms with Crippen LogP contribution in [0.15, 0.2) is 42.5 Å². The fourth-order valence-corrected chi connectivity index (χ4v) is 3.36. The molecule has 164 valence electrons. The van der Waals surface area contributed by atoms with Crippen LogP contribution >= 0.6 is 0 Å². The second kappa shape index (κ2) is 8.89. The van der Waals surface area contributed by atoms with Crippen LogP contribution < -0.4 is 0 Å². The molecule has 2 aromatic carbocycles. The van der Waals surface area contributed by atoms with Gasteiger partial charge in [-0.3, -0.25) is 19.3 Å². The quantitative estimate of drug-likeness (QED) is 0.493. The van der Waals surface area contributed by atoms with Crippen molar-refractivity contribution in [2.45, 2.75) is 19.1 Å². The van der Waals surface area contributed by atoms with Gasteiger partial charge in [0, 0.05) is 39.4 Å². The Kier molecular flexibility index (Phi) is 6.45. The van der Waals surface area contributed by atoms with E-state index in [9.17, 15) is 27.6 Å². The summed E-state index contributed by atoms with van der Waals surface area (Å²) >= 11 is 0. The lowest BCUT2D eigenvalue weighted by molar-refractivity contribution is -0.137. The van der Waals surface area contributed by atoms with E-state index in [0.29, 0.717) is 18.6 Å². The van der Waals surface area contributed by atoms with Crippen LogP contribution in [-0.4, -0.2) is 54.8 Å². The largest absolute Gasteiger partial charge is 0.416 e. The number of benzene rings is 2. The maximum atomic E-state index is 12.8. The van der Waals surface area contributed by atoms with Gasteiger partial charge in [-0.25, -0.2) is 0 Å². The number of hydrogen-bond acceptors (Lipinski definition) is 4. The van der Waals surface area contributed by atoms with Crippen molar-refractivity contribution in [3.63, 3.8) is 0 Å². The Morgan fingerprint density at radius 2 is 1.68 bits per heavy atom. The van der Waals surface area contributed by atoms with Gasteiger partial charge in [-0.2, -0.15) is 13.2 Å². The number of hydrogen-bond donors (Lipinski definition) is 0. The number of carbonyl (C=O) groups is 3. The van der Waals surface area contributed by atoms with Gasteiger partial charge in [0.05, 0.1) is 16.7 Å². The molecule has 0 fully saturated rings. The van der Waals surface area contributed by atoms with Gasteiger partial charge in [-0.15, -0.1) is 0 Å². The fourth-order valence-electron chi connectivity index (χ4n) is 3.36. The molecule has 0 radical (unpaired) electrons. The van der Waals surface area contributed by atoms with Gasteiger partial charge in [0.2, 0.25) is 0 Å². The lowest BCUT2D eigenvalue weighted by Crippen LogP contribution is -2.31. The van der Waals surface area contributed by atoms with E-state index in [4.69, 9.17) is 4.74 Å². The zero-order valence-electron chi connectivity index (χ0n) is 17.0. The number of alkyl halides is 3. The standard InChI is InChI=1S/C22H21F3N2O4/c1-26(13-14-4-7-16(8-5-14)22(23,24)25)19(28)15-6-9-17-18(12-15)21(30)27(20(17)29)10-3-11-31-2/h4-9,12H,3,10-11,13H2,1-2H3. The van der Waals surface area contributed by atoms with E-state index in [1.54, 1.807) is 0 Å². The fraction of sp³-hybridized carbons (Fsp3) is 0.318. The van der Waals surface area contributed by atoms with Gasteiger partial charge in [0.15, 0.2) is 0 Å². The first-order valence-electron chi connectivity index (χ1n) is 9.54. The predicted molar refractivity (Wildman–Crippen MR) is 106 cm³/mol. The normalized spacial score (nSPS) is 13.5. The Morgan fingerprint density at radius 3 is 2.29 bits per heavy atom. The minimum atomic E-state index is -4.42. The second-order valence-corrected chi connectivity index (χ2v) is 7.22. The molecule has 0 aromatic heterocycles. The molecule has 3 rings (SSSR count). The van der Waals surface area contributed by atoms with E-state index in [-0.39, 0.29) is 29.8 Å². The molecule has 0 N–H and O–H groups in total. The molecule has 0 unspecified atom stereocenters. The van der Waals surface area contributed by atoms with Gasteiger partial charge in [0.25, 0.3) is 17.7 Å². The third-order valence-corrected chi connectivity index (χ3v) is 5.00. The lowest BCUT2D eigenvalue weighted by atomic mass is 10.0. The maximum Gasteiger partial charge on any atom is 0.416 e. The SMILES string of the molecule is COCCCN1C(=O)c2ccc(C(=O)N(C)Cc3ccc(C(F)(F)F)cc3)cc2C1=O. The summed E-state index contributed by atoms with van der Waals surface area (Å²) in [5, 5.41) is 0. The number of amides is 3. The van der Waals surface area contributed by atoms with Crippen LogP contribution in [0.1, 0.15) is 48.6 Å². The van der Waals surface area contributed by atoms with Crippen LogP contribution in [0.5, 0.6) is 0 Å². The molecule has 2 aromatic rings. The zero-order valence-corrected chi connectivity index (χ0v) is 17.0. The van der Waals surface area contributed by atoms with Crippen LogP contribution in [0.3, 0.4) is 0 Å². The maximum absolute atomic E-state index is 12.8. The summed E-state index contributed by atoms with van der Waals surface area (Å²) in [5.41, 5.74) is 0.385. The molecule has 9 heteroatoms. The van der Waals surface area contributed by atoms with Crippen LogP contribution in [0.4, 0.5) is 13.2 Å². The monoisotopic (exact) mass is 434 g/mol. The van der Waals surface area contributed by atoms with Crippen molar-refractivity contribution in [1.29, 1.82) is 0 Å². The van der Waals surface area contributed by atoms with Gasteiger partial charge in [-0.05, 0) is 42.3 Å². The van der Waals surface area contributed by atoms with E-state index in [1.165, 1.54) is 49.4 Å². The van der Waals surface area contributed by atoms with E-state index >= 15 is 0 Å². The molecule has 0 bridgehead atoms. The topological polar surface area (TPSA) is 66.9 Å². The highest BCUT2D eigenvalue weighted by Gasteiger charge is 2.35. The van der Waals surface area contributed by atoms with Gasteiger partial charge in [0.1, 0.15) is 0 Å². The van der Waals surface area contributed by atoms with Gasteiger partial charge >= 0.3 is 6.18 Å². The molecule has 1 aliphatic heterocycles. The molecule has 0 aliphatic carbocycles. The molecule has 0 saturated heterocycles. The van der Waals surface area contributed by atoms with Crippen molar-refractivity contribution in [2.75, 3.05) is 27.3 Å². The van der Waals surface area contributed by atoms with Gasteiger partial charge < -0.3 is 9.64 Å². The first-order valence-corrected chi connectivity index (χ1v) is 9.54. The van der Waals surface area contributed by atoms with Crippen molar-refractivity contribution in [3.8, 4) is 0 Å². The number of ether oxygens (including phenoxy) is 1. The Balaban J connectivity index is 1.72. The number of fused-ring (bicyclic) bond motifs is 1. The Bertz CT molecular complexity index is 1000. The number of halogens is 3. The molecule has 6 nitrogen and oxygen atoms in total. The third kappa shape index (κ3) is 4.77. The Labute approximate surface area is 177 Å². The number of carbonyl (C=O) groups excluding carboxylic acids is 3. The molecule has 0 atom stereocenters. The summed E-state index contributed by atoms with van der Waals surface area (Å²) in [4.78, 5) is 40.3. The number of nitrogens with zero attached hydrogens (tertiary/aromatic N) is 2. The minimum absolute atomic E-state index is 0.0874. The van der Waals surface area contributed by atoms with Crippen molar-refractivity contribution >= 4 is 17.7 Å². The highest BCUT2D eigenvalue weighted by molar-refractivity contribution is 6.22. The first-order chi connectivity index (χ1) is 14.6. The van der Waals surface area contributed by atoms with E-state index in [1.807, 2.05) is 0 Å². The van der Waals surface area contributed by atoms with Crippen molar-refractivity contribution in [3.05, 3.63) is 70.3 Å². The van der Waals surface area contributed by atoms with E-state index < -0.39 is 29.5 Å². The molecule has 0 spiro atoms. The summed E-state index contributed by atoms with van der Waals surface area (Å²) in [6.45, 7) is 0.716. The number of methoxy groups -OCH3 is 1. The minimum Gasteiger partial charge on any atom is -0.385 e. The van der Waals surface area contributed by atoms with Crippen LogP contribution in [0.25, 0.3) is 0 Å². The van der Waals surface area contributed by atoms with E-state index in [2.05, 4.69) is 0 Å². The summed E-state index contributed by atoms with van der Waals surface area (Å²) in [5.74, 6) is -1.29.